The minimum absolute atomic E-state index is 0.642. The predicted octanol–water partition coefficient (Wildman–Crippen LogP) is 4.76. The zero-order valence-corrected chi connectivity index (χ0v) is 18.4. The maximum Gasteiger partial charge on any atom is 0.417 e. The summed E-state index contributed by atoms with van der Waals surface area (Å²) in [4.78, 5) is 11.2. The number of likely N-dealkylation sites (tertiary alicyclic amines) is 1. The van der Waals surface area contributed by atoms with Crippen molar-refractivity contribution >= 4 is 5.82 Å². The van der Waals surface area contributed by atoms with Gasteiger partial charge in [0.05, 0.1) is 5.56 Å². The maximum absolute atomic E-state index is 12.7. The normalized spacial score (nSPS) is 22.7. The Morgan fingerprint density at radius 2 is 1.79 bits per heavy atom. The second-order valence-corrected chi connectivity index (χ2v) is 7.95. The molecule has 2 unspecified atom stereocenters. The molecule has 0 bridgehead atoms. The molecule has 0 radical (unpaired) electrons. The molecule has 7 heteroatoms. The van der Waals surface area contributed by atoms with Gasteiger partial charge in [-0.15, -0.1) is 0 Å². The number of pyridine rings is 1. The predicted molar refractivity (Wildman–Crippen MR) is 113 cm³/mol. The molecular weight excluding hydrogens is 377 g/mol. The van der Waals surface area contributed by atoms with Crippen molar-refractivity contribution in [1.29, 1.82) is 0 Å². The van der Waals surface area contributed by atoms with E-state index in [9.17, 15) is 13.2 Å². The van der Waals surface area contributed by atoms with Gasteiger partial charge in [-0.1, -0.05) is 20.8 Å². The molecule has 0 aromatic carbocycles. The first-order valence-corrected chi connectivity index (χ1v) is 11.1. The number of alkyl halides is 3. The third-order valence-corrected chi connectivity index (χ3v) is 6.05. The number of nitrogens with zero attached hydrogens (tertiary/aromatic N) is 4. The van der Waals surface area contributed by atoms with Crippen LogP contribution in [0.1, 0.15) is 52.5 Å². The SMILES string of the molecule is CC.CCC(C)N1CCCC(CN2CCN(c3ccc(C(F)(F)F)cn3)CC2)C1. The summed E-state index contributed by atoms with van der Waals surface area (Å²) in [5, 5.41) is 0. The van der Waals surface area contributed by atoms with Crippen molar-refractivity contribution in [3.8, 4) is 0 Å². The molecule has 2 fully saturated rings. The smallest absolute Gasteiger partial charge is 0.354 e. The van der Waals surface area contributed by atoms with Gasteiger partial charge in [-0.3, -0.25) is 4.90 Å². The van der Waals surface area contributed by atoms with Crippen LogP contribution in [-0.4, -0.2) is 66.6 Å². The van der Waals surface area contributed by atoms with E-state index in [2.05, 4.69) is 33.5 Å². The van der Waals surface area contributed by atoms with E-state index in [-0.39, 0.29) is 0 Å². The quantitative estimate of drug-likeness (QED) is 0.693. The van der Waals surface area contributed by atoms with Crippen molar-refractivity contribution in [1.82, 2.24) is 14.8 Å². The average Bonchev–Trinajstić information content (AvgIpc) is 2.75. The number of anilines is 1. The summed E-state index contributed by atoms with van der Waals surface area (Å²) in [5.74, 6) is 1.37. The molecule has 0 saturated carbocycles. The largest absolute Gasteiger partial charge is 0.417 e. The molecule has 1 aromatic rings. The summed E-state index contributed by atoms with van der Waals surface area (Å²) in [6.07, 6.45) is 0.393. The molecule has 0 amide bonds. The number of piperazine rings is 1. The summed E-state index contributed by atoms with van der Waals surface area (Å²) < 4.78 is 38.0. The van der Waals surface area contributed by atoms with Crippen LogP contribution in [0, 0.1) is 5.92 Å². The van der Waals surface area contributed by atoms with Gasteiger partial charge in [0.25, 0.3) is 0 Å². The van der Waals surface area contributed by atoms with Crippen LogP contribution in [0.5, 0.6) is 0 Å². The maximum atomic E-state index is 12.7. The Morgan fingerprint density at radius 3 is 2.34 bits per heavy atom. The van der Waals surface area contributed by atoms with E-state index in [4.69, 9.17) is 0 Å². The molecule has 4 nitrogen and oxygen atoms in total. The van der Waals surface area contributed by atoms with Crippen LogP contribution in [0.25, 0.3) is 0 Å². The molecule has 0 N–H and O–H groups in total. The van der Waals surface area contributed by atoms with E-state index < -0.39 is 11.7 Å². The third-order valence-electron chi connectivity index (χ3n) is 6.05. The molecule has 3 heterocycles. The van der Waals surface area contributed by atoms with Gasteiger partial charge in [-0.2, -0.15) is 13.2 Å². The summed E-state index contributed by atoms with van der Waals surface area (Å²) in [6.45, 7) is 15.6. The lowest BCUT2D eigenvalue weighted by atomic mass is 9.95. The van der Waals surface area contributed by atoms with Crippen molar-refractivity contribution in [3.63, 3.8) is 0 Å². The lowest BCUT2D eigenvalue weighted by Crippen LogP contribution is -2.50. The second-order valence-electron chi connectivity index (χ2n) is 7.95. The standard InChI is InChI=1S/C20H31F3N4.C2H6/c1-3-16(2)27-8-4-5-17(15-27)14-25-9-11-26(12-10-25)19-7-6-18(13-24-19)20(21,22)23;1-2/h6-7,13,16-17H,3-5,8-12,14-15H2,1-2H3;1-2H3. The molecule has 2 saturated heterocycles. The first-order chi connectivity index (χ1) is 13.9. The van der Waals surface area contributed by atoms with Crippen LogP contribution in [0.4, 0.5) is 19.0 Å². The molecule has 3 rings (SSSR count). The van der Waals surface area contributed by atoms with Crippen LogP contribution in [0.3, 0.4) is 0 Å². The van der Waals surface area contributed by atoms with Crippen LogP contribution in [-0.2, 0) is 6.18 Å². The van der Waals surface area contributed by atoms with Gasteiger partial charge in [0.1, 0.15) is 5.82 Å². The summed E-state index contributed by atoms with van der Waals surface area (Å²) in [6, 6.07) is 3.28. The van der Waals surface area contributed by atoms with Crippen LogP contribution < -0.4 is 4.90 Å². The molecule has 166 valence electrons. The number of rotatable bonds is 5. The Bertz CT molecular complexity index is 583. The summed E-state index contributed by atoms with van der Waals surface area (Å²) in [7, 11) is 0. The highest BCUT2D eigenvalue weighted by Gasteiger charge is 2.31. The Morgan fingerprint density at radius 1 is 1.10 bits per heavy atom. The number of hydrogen-bond donors (Lipinski definition) is 0. The summed E-state index contributed by atoms with van der Waals surface area (Å²) in [5.41, 5.74) is -0.687. The molecule has 0 spiro atoms. The fourth-order valence-electron chi connectivity index (χ4n) is 4.17. The van der Waals surface area contributed by atoms with Crippen molar-refractivity contribution in [2.75, 3.05) is 50.7 Å². The van der Waals surface area contributed by atoms with Gasteiger partial charge in [-0.05, 0) is 50.8 Å². The lowest BCUT2D eigenvalue weighted by Gasteiger charge is -2.41. The molecule has 2 aliphatic rings. The van der Waals surface area contributed by atoms with Crippen molar-refractivity contribution in [2.45, 2.75) is 59.2 Å². The van der Waals surface area contributed by atoms with Gasteiger partial charge in [-0.25, -0.2) is 4.98 Å². The zero-order chi connectivity index (χ0) is 21.4. The summed E-state index contributed by atoms with van der Waals surface area (Å²) >= 11 is 0. The number of piperidine rings is 1. The molecular formula is C22H37F3N4. The Hall–Kier alpha value is -1.34. The van der Waals surface area contributed by atoms with E-state index in [1.165, 1.54) is 38.4 Å². The first-order valence-electron chi connectivity index (χ1n) is 11.1. The Kier molecular flexibility index (Phi) is 9.21. The molecule has 2 aliphatic heterocycles. The number of hydrogen-bond acceptors (Lipinski definition) is 4. The van der Waals surface area contributed by atoms with Crippen LogP contribution in [0.2, 0.25) is 0 Å². The van der Waals surface area contributed by atoms with Gasteiger partial charge in [0.2, 0.25) is 0 Å². The fraction of sp³-hybridized carbons (Fsp3) is 0.773. The monoisotopic (exact) mass is 414 g/mol. The minimum Gasteiger partial charge on any atom is -0.354 e. The molecule has 1 aromatic heterocycles. The first kappa shape index (κ1) is 23.9. The van der Waals surface area contributed by atoms with Crippen molar-refractivity contribution in [3.05, 3.63) is 23.9 Å². The van der Waals surface area contributed by atoms with Gasteiger partial charge in [0, 0.05) is 51.5 Å². The van der Waals surface area contributed by atoms with Crippen LogP contribution in [0.15, 0.2) is 18.3 Å². The Labute approximate surface area is 174 Å². The minimum atomic E-state index is -4.33. The number of aromatic nitrogens is 1. The number of halogens is 3. The highest BCUT2D eigenvalue weighted by atomic mass is 19.4. The van der Waals surface area contributed by atoms with E-state index in [0.29, 0.717) is 11.9 Å². The average molecular weight is 415 g/mol. The highest BCUT2D eigenvalue weighted by Crippen LogP contribution is 2.29. The molecule has 29 heavy (non-hydrogen) atoms. The second kappa shape index (κ2) is 11.2. The molecule has 2 atom stereocenters. The van der Waals surface area contributed by atoms with E-state index in [1.807, 2.05) is 13.8 Å². The van der Waals surface area contributed by atoms with Crippen molar-refractivity contribution in [2.24, 2.45) is 5.92 Å². The van der Waals surface area contributed by atoms with Gasteiger partial charge >= 0.3 is 6.18 Å². The molecule has 0 aliphatic carbocycles. The Balaban J connectivity index is 0.00000145. The fourth-order valence-corrected chi connectivity index (χ4v) is 4.17. The van der Waals surface area contributed by atoms with E-state index >= 15 is 0 Å². The van der Waals surface area contributed by atoms with E-state index in [0.717, 1.165) is 50.9 Å². The zero-order valence-electron chi connectivity index (χ0n) is 18.4. The van der Waals surface area contributed by atoms with Gasteiger partial charge in [0.15, 0.2) is 0 Å². The van der Waals surface area contributed by atoms with Gasteiger partial charge < -0.3 is 9.80 Å². The van der Waals surface area contributed by atoms with Crippen molar-refractivity contribution < 1.29 is 13.2 Å². The van der Waals surface area contributed by atoms with E-state index in [1.54, 1.807) is 0 Å². The third kappa shape index (κ3) is 6.85. The lowest BCUT2D eigenvalue weighted by molar-refractivity contribution is -0.137. The topological polar surface area (TPSA) is 22.6 Å². The van der Waals surface area contributed by atoms with Crippen LogP contribution >= 0.6 is 0 Å². The highest BCUT2D eigenvalue weighted by molar-refractivity contribution is 5.40.